The minimum Gasteiger partial charge on any atom is -0.385 e. The average molecular weight is 530 g/mol. The first kappa shape index (κ1) is 26.9. The number of aromatic nitrogens is 2. The molecule has 1 unspecified atom stereocenters. The summed E-state index contributed by atoms with van der Waals surface area (Å²) in [6.45, 7) is 7.97. The highest BCUT2D eigenvalue weighted by Gasteiger charge is 2.40. The molecule has 2 aliphatic heterocycles. The fraction of sp³-hybridized carbons (Fsp3) is 0.643. The van der Waals surface area contributed by atoms with Crippen molar-refractivity contribution in [2.24, 2.45) is 10.9 Å². The maximum absolute atomic E-state index is 13.8. The summed E-state index contributed by atoms with van der Waals surface area (Å²) < 4.78 is 34.5. The van der Waals surface area contributed by atoms with Gasteiger partial charge in [-0.25, -0.2) is 13.8 Å². The number of fused-ring (bicyclic) bond motifs is 3. The number of halogens is 2. The summed E-state index contributed by atoms with van der Waals surface area (Å²) in [6, 6.07) is 0.0445. The molecule has 2 aliphatic carbocycles. The molecular formula is C28H37F2N5O3. The highest BCUT2D eigenvalue weighted by molar-refractivity contribution is 6.36. The van der Waals surface area contributed by atoms with Crippen molar-refractivity contribution in [1.29, 1.82) is 0 Å². The van der Waals surface area contributed by atoms with E-state index >= 15 is 0 Å². The number of alkyl halides is 2. The van der Waals surface area contributed by atoms with Gasteiger partial charge in [-0.1, -0.05) is 11.6 Å². The van der Waals surface area contributed by atoms with Gasteiger partial charge in [0.25, 0.3) is 5.91 Å². The van der Waals surface area contributed by atoms with E-state index < -0.39 is 11.8 Å². The topological polar surface area (TPSA) is 80.0 Å². The van der Waals surface area contributed by atoms with Crippen molar-refractivity contribution >= 4 is 23.1 Å². The van der Waals surface area contributed by atoms with Crippen molar-refractivity contribution in [3.8, 4) is 0 Å². The van der Waals surface area contributed by atoms with Crippen LogP contribution in [0.1, 0.15) is 74.5 Å². The van der Waals surface area contributed by atoms with Crippen LogP contribution >= 0.6 is 0 Å². The predicted molar refractivity (Wildman–Crippen MR) is 140 cm³/mol. The molecule has 0 aromatic carbocycles. The fourth-order valence-corrected chi connectivity index (χ4v) is 6.11. The summed E-state index contributed by atoms with van der Waals surface area (Å²) in [6.07, 6.45) is 7.49. The first-order chi connectivity index (χ1) is 18.2. The van der Waals surface area contributed by atoms with E-state index in [2.05, 4.69) is 21.9 Å². The molecule has 206 valence electrons. The van der Waals surface area contributed by atoms with Crippen molar-refractivity contribution in [1.82, 2.24) is 19.6 Å². The Morgan fingerprint density at radius 3 is 2.68 bits per heavy atom. The molecule has 0 radical (unpaired) electrons. The molecule has 8 nitrogen and oxygen atoms in total. The third-order valence-corrected chi connectivity index (χ3v) is 8.39. The molecule has 3 heterocycles. The van der Waals surface area contributed by atoms with E-state index in [0.29, 0.717) is 48.5 Å². The molecule has 4 aliphatic rings. The smallest absolute Gasteiger partial charge is 0.281 e. The second kappa shape index (κ2) is 10.8. The van der Waals surface area contributed by atoms with Gasteiger partial charge < -0.3 is 9.64 Å². The molecule has 38 heavy (non-hydrogen) atoms. The summed E-state index contributed by atoms with van der Waals surface area (Å²) in [5, 5.41) is 4.45. The van der Waals surface area contributed by atoms with Gasteiger partial charge in [-0.15, -0.1) is 0 Å². The van der Waals surface area contributed by atoms with Gasteiger partial charge >= 0.3 is 0 Å². The van der Waals surface area contributed by atoms with Crippen LogP contribution in [0.2, 0.25) is 0 Å². The van der Waals surface area contributed by atoms with Gasteiger partial charge in [0.2, 0.25) is 11.8 Å². The van der Waals surface area contributed by atoms with E-state index in [1.807, 2.05) is 24.0 Å². The van der Waals surface area contributed by atoms with Gasteiger partial charge in [-0.05, 0) is 52.2 Å². The molecule has 2 fully saturated rings. The third kappa shape index (κ3) is 5.25. The molecular weight excluding hydrogens is 492 g/mol. The summed E-state index contributed by atoms with van der Waals surface area (Å²) >= 11 is 0. The van der Waals surface area contributed by atoms with Gasteiger partial charge in [-0.3, -0.25) is 19.2 Å². The number of aliphatic imine (C=N–C) groups is 1. The lowest BCUT2D eigenvalue weighted by Gasteiger charge is -2.41. The van der Waals surface area contributed by atoms with Crippen LogP contribution in [0, 0.1) is 5.92 Å². The Bertz CT molecular complexity index is 1180. The van der Waals surface area contributed by atoms with Crippen LogP contribution in [0.15, 0.2) is 28.9 Å². The Balaban J connectivity index is 1.35. The van der Waals surface area contributed by atoms with Crippen LogP contribution in [0.5, 0.6) is 0 Å². The molecule has 2 amide bonds. The number of nitrogens with zero attached hydrogens (tertiary/aromatic N) is 5. The number of allylic oxidation sites excluding steroid dienone is 2. The molecule has 0 bridgehead atoms. The SMILES string of the molecule is COCCCCN1CCN(C(=O)C2C=C3C(=NC(=O)c4cnn(C5CCC(F)(F)CC5)c43)C=C2C)C[C@@H]1C. The fourth-order valence-electron chi connectivity index (χ4n) is 6.11. The van der Waals surface area contributed by atoms with E-state index in [1.165, 1.54) is 6.20 Å². The van der Waals surface area contributed by atoms with E-state index in [-0.39, 0.29) is 36.7 Å². The van der Waals surface area contributed by atoms with Crippen LogP contribution in [-0.2, 0) is 9.53 Å². The lowest BCUT2D eigenvalue weighted by Crippen LogP contribution is -2.55. The Kier molecular flexibility index (Phi) is 7.64. The van der Waals surface area contributed by atoms with Crippen molar-refractivity contribution in [2.45, 2.75) is 70.4 Å². The molecule has 5 rings (SSSR count). The summed E-state index contributed by atoms with van der Waals surface area (Å²) in [5.41, 5.74) is 3.02. The monoisotopic (exact) mass is 529 g/mol. The van der Waals surface area contributed by atoms with Crippen LogP contribution in [0.3, 0.4) is 0 Å². The molecule has 1 saturated carbocycles. The Morgan fingerprint density at radius 1 is 1.21 bits per heavy atom. The first-order valence-electron chi connectivity index (χ1n) is 13.7. The Labute approximate surface area is 222 Å². The normalized spacial score (nSPS) is 25.9. The quantitative estimate of drug-likeness (QED) is 0.496. The van der Waals surface area contributed by atoms with Gasteiger partial charge in [0.15, 0.2) is 0 Å². The molecule has 1 aromatic heterocycles. The van der Waals surface area contributed by atoms with Gasteiger partial charge in [-0.2, -0.15) is 5.10 Å². The standard InChI is InChI=1S/C28H37F2N5O3/c1-18-14-24-22(15-21(18)27(37)34-12-11-33(19(2)17-34)10-4-5-13-38-3)25-23(26(36)32-24)16-31-35(25)20-6-8-28(29,30)9-7-20/h14-16,19-21H,4-13,17H2,1-3H3/t19-,21?/m0/s1. The maximum atomic E-state index is 13.8. The molecule has 0 N–H and O–H groups in total. The van der Waals surface area contributed by atoms with E-state index in [0.717, 1.165) is 38.1 Å². The maximum Gasteiger partial charge on any atom is 0.281 e. The number of piperazine rings is 1. The number of unbranched alkanes of at least 4 members (excludes halogenated alkanes) is 1. The van der Waals surface area contributed by atoms with E-state index in [1.54, 1.807) is 11.8 Å². The second-order valence-corrected chi connectivity index (χ2v) is 11.1. The van der Waals surface area contributed by atoms with Gasteiger partial charge in [0, 0.05) is 57.8 Å². The predicted octanol–water partition coefficient (Wildman–Crippen LogP) is 4.15. The zero-order valence-corrected chi connectivity index (χ0v) is 22.5. The molecule has 2 atom stereocenters. The first-order valence-corrected chi connectivity index (χ1v) is 13.7. The lowest BCUT2D eigenvalue weighted by molar-refractivity contribution is -0.135. The van der Waals surface area contributed by atoms with Crippen LogP contribution in [0.4, 0.5) is 8.78 Å². The number of hydrogen-bond donors (Lipinski definition) is 0. The second-order valence-electron chi connectivity index (χ2n) is 11.1. The van der Waals surface area contributed by atoms with Crippen LogP contribution < -0.4 is 0 Å². The number of carbonyl (C=O) groups excluding carboxylic acids is 2. The van der Waals surface area contributed by atoms with E-state index in [9.17, 15) is 18.4 Å². The minimum atomic E-state index is -2.65. The molecule has 10 heteroatoms. The van der Waals surface area contributed by atoms with Crippen molar-refractivity contribution in [2.75, 3.05) is 39.9 Å². The zero-order valence-electron chi connectivity index (χ0n) is 22.5. The number of rotatable bonds is 7. The lowest BCUT2D eigenvalue weighted by atomic mass is 9.84. The highest BCUT2D eigenvalue weighted by atomic mass is 19.3. The average Bonchev–Trinajstić information content (AvgIpc) is 3.33. The van der Waals surface area contributed by atoms with Crippen LogP contribution in [-0.4, -0.2) is 89.0 Å². The minimum absolute atomic E-state index is 0.0398. The molecule has 1 saturated heterocycles. The van der Waals surface area contributed by atoms with Gasteiger partial charge in [0.05, 0.1) is 35.1 Å². The number of methoxy groups -OCH3 is 1. The summed E-state index contributed by atoms with van der Waals surface area (Å²) in [4.78, 5) is 35.2. The van der Waals surface area contributed by atoms with Gasteiger partial charge in [0.1, 0.15) is 0 Å². The van der Waals surface area contributed by atoms with Crippen molar-refractivity contribution in [3.05, 3.63) is 35.2 Å². The Hall–Kier alpha value is -2.72. The zero-order chi connectivity index (χ0) is 27.0. The van der Waals surface area contributed by atoms with Crippen molar-refractivity contribution in [3.63, 3.8) is 0 Å². The number of hydrogen-bond acceptors (Lipinski definition) is 5. The van der Waals surface area contributed by atoms with E-state index in [4.69, 9.17) is 4.74 Å². The number of carbonyl (C=O) groups is 2. The third-order valence-electron chi connectivity index (χ3n) is 8.39. The largest absolute Gasteiger partial charge is 0.385 e. The number of amides is 2. The summed E-state index contributed by atoms with van der Waals surface area (Å²) in [5.74, 6) is -3.47. The van der Waals surface area contributed by atoms with Crippen molar-refractivity contribution < 1.29 is 23.1 Å². The number of ether oxygens (including phenoxy) is 1. The van der Waals surface area contributed by atoms with Crippen LogP contribution in [0.25, 0.3) is 5.57 Å². The highest BCUT2D eigenvalue weighted by Crippen LogP contribution is 2.42. The Morgan fingerprint density at radius 2 is 1.97 bits per heavy atom. The molecule has 0 spiro atoms. The summed E-state index contributed by atoms with van der Waals surface area (Å²) in [7, 11) is 1.72. The molecule has 1 aromatic rings.